The monoisotopic (exact) mass is 248 g/mol. The number of benzene rings is 1. The molecule has 0 aliphatic carbocycles. The summed E-state index contributed by atoms with van der Waals surface area (Å²) in [6.45, 7) is 0. The largest absolute Gasteiger partial charge is 0.387 e. The summed E-state index contributed by atoms with van der Waals surface area (Å²) in [5.41, 5.74) is 0.682. The van der Waals surface area contributed by atoms with E-state index in [1.165, 1.54) is 11.3 Å². The van der Waals surface area contributed by atoms with Gasteiger partial charge < -0.3 is 0 Å². The van der Waals surface area contributed by atoms with Gasteiger partial charge in [-0.2, -0.15) is 11.3 Å². The summed E-state index contributed by atoms with van der Waals surface area (Å²) in [6, 6.07) is 9.88. The van der Waals surface area contributed by atoms with Crippen molar-refractivity contribution >= 4 is 23.3 Å². The molecule has 0 saturated carbocycles. The second-order valence-electron chi connectivity index (χ2n) is 3.12. The Kier molecular flexibility index (Phi) is 3.52. The molecule has 0 saturated heterocycles. The van der Waals surface area contributed by atoms with E-state index in [4.69, 9.17) is 0 Å². The molecule has 2 aromatic rings. The Morgan fingerprint density at radius 2 is 1.53 bits per heavy atom. The minimum atomic E-state index is -0.700. The van der Waals surface area contributed by atoms with Crippen LogP contribution in [0.1, 0.15) is 20.7 Å². The summed E-state index contributed by atoms with van der Waals surface area (Å²) < 4.78 is 0. The molecule has 0 N–H and O–H groups in total. The molecular formula is C12H8O4S. The van der Waals surface area contributed by atoms with Gasteiger partial charge in [-0.1, -0.05) is 18.2 Å². The molecule has 1 heterocycles. The quantitative estimate of drug-likeness (QED) is 0.605. The Morgan fingerprint density at radius 3 is 2.12 bits per heavy atom. The summed E-state index contributed by atoms with van der Waals surface area (Å²) in [7, 11) is 0. The lowest BCUT2D eigenvalue weighted by Gasteiger charge is -2.01. The number of rotatable bonds is 2. The molecule has 0 aliphatic rings. The van der Waals surface area contributed by atoms with Crippen molar-refractivity contribution in [1.29, 1.82) is 0 Å². The van der Waals surface area contributed by atoms with E-state index in [-0.39, 0.29) is 0 Å². The van der Waals surface area contributed by atoms with Gasteiger partial charge in [0.15, 0.2) is 0 Å². The van der Waals surface area contributed by atoms with Crippen LogP contribution < -0.4 is 0 Å². The van der Waals surface area contributed by atoms with Crippen LogP contribution >= 0.6 is 11.3 Å². The molecule has 0 radical (unpaired) electrons. The third kappa shape index (κ3) is 2.92. The predicted octanol–water partition coefficient (Wildman–Crippen LogP) is 2.68. The topological polar surface area (TPSA) is 52.6 Å². The van der Waals surface area contributed by atoms with Crippen molar-refractivity contribution in [1.82, 2.24) is 0 Å². The Hall–Kier alpha value is -2.14. The fourth-order valence-corrected chi connectivity index (χ4v) is 1.75. The number of carbonyl (C=O) groups excluding carboxylic acids is 2. The minimum absolute atomic E-state index is 0.325. The normalized spacial score (nSPS) is 9.65. The highest BCUT2D eigenvalue weighted by Gasteiger charge is 2.13. The molecule has 0 aliphatic heterocycles. The molecule has 0 spiro atoms. The Labute approximate surface area is 101 Å². The number of carbonyl (C=O) groups is 2. The van der Waals surface area contributed by atoms with Crippen LogP contribution in [-0.4, -0.2) is 11.9 Å². The predicted molar refractivity (Wildman–Crippen MR) is 61.6 cm³/mol. The molecular weight excluding hydrogens is 240 g/mol. The van der Waals surface area contributed by atoms with Gasteiger partial charge in [0.1, 0.15) is 0 Å². The number of hydrogen-bond donors (Lipinski definition) is 0. The maximum atomic E-state index is 11.4. The molecule has 0 amide bonds. The molecule has 0 atom stereocenters. The Balaban J connectivity index is 1.91. The van der Waals surface area contributed by atoms with Gasteiger partial charge in [-0.15, -0.1) is 0 Å². The first-order valence-electron chi connectivity index (χ1n) is 4.78. The molecule has 2 rings (SSSR count). The highest BCUT2D eigenvalue weighted by molar-refractivity contribution is 7.08. The van der Waals surface area contributed by atoms with Gasteiger partial charge >= 0.3 is 11.9 Å². The van der Waals surface area contributed by atoms with E-state index in [2.05, 4.69) is 9.78 Å². The van der Waals surface area contributed by atoms with Crippen LogP contribution in [-0.2, 0) is 9.78 Å². The summed E-state index contributed by atoms with van der Waals surface area (Å²) in [6.07, 6.45) is 0. The Morgan fingerprint density at radius 1 is 0.882 bits per heavy atom. The third-order valence-electron chi connectivity index (χ3n) is 1.96. The van der Waals surface area contributed by atoms with E-state index in [0.29, 0.717) is 11.1 Å². The maximum Gasteiger partial charge on any atom is 0.387 e. The van der Waals surface area contributed by atoms with E-state index in [1.54, 1.807) is 47.2 Å². The standard InChI is InChI=1S/C12H8O4S/c13-11(9-4-2-1-3-5-9)15-16-12(14)10-6-7-17-8-10/h1-8H. The minimum Gasteiger partial charge on any atom is -0.242 e. The van der Waals surface area contributed by atoms with Crippen molar-refractivity contribution in [2.75, 3.05) is 0 Å². The summed E-state index contributed by atoms with van der Waals surface area (Å²) in [4.78, 5) is 31.6. The van der Waals surface area contributed by atoms with Crippen LogP contribution in [0, 0.1) is 0 Å². The molecule has 0 unspecified atom stereocenters. The first-order valence-corrected chi connectivity index (χ1v) is 5.72. The zero-order chi connectivity index (χ0) is 12.1. The van der Waals surface area contributed by atoms with Gasteiger partial charge in [-0.3, -0.25) is 0 Å². The van der Waals surface area contributed by atoms with E-state index >= 15 is 0 Å². The van der Waals surface area contributed by atoms with Crippen molar-refractivity contribution in [2.24, 2.45) is 0 Å². The van der Waals surface area contributed by atoms with Gasteiger partial charge in [-0.05, 0) is 23.6 Å². The van der Waals surface area contributed by atoms with Crippen LogP contribution in [0.3, 0.4) is 0 Å². The van der Waals surface area contributed by atoms with Crippen molar-refractivity contribution in [3.63, 3.8) is 0 Å². The molecule has 1 aromatic heterocycles. The zero-order valence-electron chi connectivity index (χ0n) is 8.66. The summed E-state index contributed by atoms with van der Waals surface area (Å²) in [5, 5.41) is 3.34. The lowest BCUT2D eigenvalue weighted by atomic mass is 10.2. The third-order valence-corrected chi connectivity index (χ3v) is 2.64. The number of thiophene rings is 1. The highest BCUT2D eigenvalue weighted by atomic mass is 32.1. The molecule has 0 fully saturated rings. The van der Waals surface area contributed by atoms with Crippen LogP contribution in [0.15, 0.2) is 47.2 Å². The fourth-order valence-electron chi connectivity index (χ4n) is 1.13. The van der Waals surface area contributed by atoms with Gasteiger partial charge in [-0.25, -0.2) is 19.4 Å². The Bertz CT molecular complexity index is 505. The lowest BCUT2D eigenvalue weighted by Crippen LogP contribution is -2.11. The first kappa shape index (κ1) is 11.3. The lowest BCUT2D eigenvalue weighted by molar-refractivity contribution is -0.187. The van der Waals surface area contributed by atoms with Gasteiger partial charge in [0.05, 0.1) is 11.1 Å². The van der Waals surface area contributed by atoms with Gasteiger partial charge in [0.25, 0.3) is 0 Å². The van der Waals surface area contributed by atoms with Crippen molar-refractivity contribution in [3.05, 3.63) is 58.3 Å². The van der Waals surface area contributed by atoms with E-state index < -0.39 is 11.9 Å². The smallest absolute Gasteiger partial charge is 0.242 e. The average molecular weight is 248 g/mol. The second-order valence-corrected chi connectivity index (χ2v) is 3.90. The van der Waals surface area contributed by atoms with Crippen molar-refractivity contribution in [2.45, 2.75) is 0 Å². The molecule has 86 valence electrons. The molecule has 0 bridgehead atoms. The molecule has 1 aromatic carbocycles. The van der Waals surface area contributed by atoms with Crippen LogP contribution in [0.25, 0.3) is 0 Å². The van der Waals surface area contributed by atoms with Crippen molar-refractivity contribution in [3.8, 4) is 0 Å². The van der Waals surface area contributed by atoms with Crippen LogP contribution in [0.4, 0.5) is 0 Å². The van der Waals surface area contributed by atoms with Gasteiger partial charge in [0.2, 0.25) is 0 Å². The van der Waals surface area contributed by atoms with E-state index in [1.807, 2.05) is 0 Å². The molecule has 5 heteroatoms. The average Bonchev–Trinajstić information content (AvgIpc) is 2.90. The summed E-state index contributed by atoms with van der Waals surface area (Å²) >= 11 is 1.36. The van der Waals surface area contributed by atoms with E-state index in [0.717, 1.165) is 0 Å². The highest BCUT2D eigenvalue weighted by Crippen LogP contribution is 2.08. The van der Waals surface area contributed by atoms with Gasteiger partial charge in [0, 0.05) is 5.38 Å². The van der Waals surface area contributed by atoms with Crippen molar-refractivity contribution < 1.29 is 19.4 Å². The van der Waals surface area contributed by atoms with Crippen LogP contribution in [0.5, 0.6) is 0 Å². The number of hydrogen-bond acceptors (Lipinski definition) is 5. The fraction of sp³-hybridized carbons (Fsp3) is 0. The molecule has 17 heavy (non-hydrogen) atoms. The summed E-state index contributed by atoms with van der Waals surface area (Å²) in [5.74, 6) is -1.38. The SMILES string of the molecule is O=C(OOC(=O)c1ccsc1)c1ccccc1. The first-order chi connectivity index (χ1) is 8.27. The maximum absolute atomic E-state index is 11.4. The zero-order valence-corrected chi connectivity index (χ0v) is 9.48. The molecule has 4 nitrogen and oxygen atoms in total. The van der Waals surface area contributed by atoms with Crippen LogP contribution in [0.2, 0.25) is 0 Å². The van der Waals surface area contributed by atoms with E-state index in [9.17, 15) is 9.59 Å². The second kappa shape index (κ2) is 5.27.